The molecule has 0 saturated carbocycles. The SMILES string of the molecule is CC(C)(C)c1ccnc(-c2cccc(Oc3cc(-c4cc(C(C)(C)C)ccn4)c4c(c3)[Se](=O)c3ccccc3-4)c2)c1. The zero-order chi connectivity index (χ0) is 28.9. The summed E-state index contributed by atoms with van der Waals surface area (Å²) < 4.78 is 22.0. The fourth-order valence-corrected chi connectivity index (χ4v) is 8.20. The molecule has 3 aromatic carbocycles. The van der Waals surface area contributed by atoms with Crippen molar-refractivity contribution < 1.29 is 8.57 Å². The Labute approximate surface area is 246 Å². The van der Waals surface area contributed by atoms with E-state index < -0.39 is 13.8 Å². The van der Waals surface area contributed by atoms with Gasteiger partial charge in [0.2, 0.25) is 0 Å². The monoisotopic (exact) mass is 606 g/mol. The van der Waals surface area contributed by atoms with E-state index in [1.54, 1.807) is 0 Å². The maximum atomic E-state index is 13.8. The van der Waals surface area contributed by atoms with Gasteiger partial charge in [-0.05, 0) is 0 Å². The summed E-state index contributed by atoms with van der Waals surface area (Å²) in [7, 11) is 0. The van der Waals surface area contributed by atoms with Crippen molar-refractivity contribution in [2.24, 2.45) is 0 Å². The van der Waals surface area contributed by atoms with Crippen molar-refractivity contribution >= 4 is 22.8 Å². The van der Waals surface area contributed by atoms with Crippen LogP contribution in [0.25, 0.3) is 33.6 Å². The summed E-state index contributed by atoms with van der Waals surface area (Å²) in [6.45, 7) is 13.2. The van der Waals surface area contributed by atoms with Gasteiger partial charge in [-0.2, -0.15) is 0 Å². The van der Waals surface area contributed by atoms with Crippen molar-refractivity contribution in [2.75, 3.05) is 0 Å². The van der Waals surface area contributed by atoms with Gasteiger partial charge in [0, 0.05) is 0 Å². The summed E-state index contributed by atoms with van der Waals surface area (Å²) in [6.07, 6.45) is 3.73. The Bertz CT molecular complexity index is 1810. The van der Waals surface area contributed by atoms with Crippen LogP contribution >= 0.6 is 0 Å². The molecule has 1 unspecified atom stereocenters. The maximum absolute atomic E-state index is 13.8. The third kappa shape index (κ3) is 5.28. The van der Waals surface area contributed by atoms with Crippen molar-refractivity contribution in [2.45, 2.75) is 52.4 Å². The summed E-state index contributed by atoms with van der Waals surface area (Å²) in [5.41, 5.74) is 8.14. The zero-order valence-corrected chi connectivity index (χ0v) is 26.1. The molecule has 1 atom stereocenters. The molecule has 0 spiro atoms. The first-order chi connectivity index (χ1) is 19.5. The summed E-state index contributed by atoms with van der Waals surface area (Å²) in [5.74, 6) is 1.35. The first-order valence-electron chi connectivity index (χ1n) is 13.9. The van der Waals surface area contributed by atoms with Crippen molar-refractivity contribution in [1.29, 1.82) is 0 Å². The van der Waals surface area contributed by atoms with E-state index in [1.165, 1.54) is 11.1 Å². The van der Waals surface area contributed by atoms with Crippen LogP contribution in [0.2, 0.25) is 0 Å². The Hall–Kier alpha value is -3.92. The summed E-state index contributed by atoms with van der Waals surface area (Å²) in [5, 5.41) is 0. The van der Waals surface area contributed by atoms with Crippen LogP contribution in [0.1, 0.15) is 52.7 Å². The van der Waals surface area contributed by atoms with E-state index in [2.05, 4.69) is 76.9 Å². The van der Waals surface area contributed by atoms with E-state index in [-0.39, 0.29) is 10.8 Å². The normalized spacial score (nSPS) is 14.4. The molecule has 5 aromatic rings. The molecular formula is C36H34N2O2Se. The zero-order valence-electron chi connectivity index (χ0n) is 24.4. The molecule has 6 rings (SSSR count). The van der Waals surface area contributed by atoms with Crippen LogP contribution in [0.5, 0.6) is 11.5 Å². The molecule has 41 heavy (non-hydrogen) atoms. The van der Waals surface area contributed by atoms with Gasteiger partial charge in [0.05, 0.1) is 0 Å². The molecule has 0 fully saturated rings. The number of pyridine rings is 2. The molecule has 1 aliphatic heterocycles. The predicted octanol–water partition coefficient (Wildman–Crippen LogP) is 7.71. The number of ether oxygens (including phenoxy) is 1. The molecule has 206 valence electrons. The third-order valence-corrected chi connectivity index (χ3v) is 10.6. The van der Waals surface area contributed by atoms with E-state index in [0.29, 0.717) is 11.5 Å². The van der Waals surface area contributed by atoms with Gasteiger partial charge < -0.3 is 0 Å². The molecule has 0 radical (unpaired) electrons. The number of aromatic nitrogens is 2. The Morgan fingerprint density at radius 3 is 1.98 bits per heavy atom. The molecule has 4 nitrogen and oxygen atoms in total. The third-order valence-electron chi connectivity index (χ3n) is 7.52. The second-order valence-electron chi connectivity index (χ2n) is 12.6. The van der Waals surface area contributed by atoms with Gasteiger partial charge >= 0.3 is 247 Å². The summed E-state index contributed by atoms with van der Waals surface area (Å²) in [4.78, 5) is 9.41. The van der Waals surface area contributed by atoms with Gasteiger partial charge in [-0.15, -0.1) is 0 Å². The van der Waals surface area contributed by atoms with Crippen LogP contribution in [0.4, 0.5) is 0 Å². The Morgan fingerprint density at radius 1 is 0.610 bits per heavy atom. The minimum absolute atomic E-state index is 0.0272. The number of fused-ring (bicyclic) bond motifs is 3. The number of rotatable bonds is 4. The molecule has 2 aromatic heterocycles. The van der Waals surface area contributed by atoms with E-state index in [4.69, 9.17) is 9.72 Å². The van der Waals surface area contributed by atoms with Gasteiger partial charge in [-0.1, -0.05) is 0 Å². The van der Waals surface area contributed by atoms with E-state index in [0.717, 1.165) is 42.6 Å². The van der Waals surface area contributed by atoms with Crippen molar-refractivity contribution in [1.82, 2.24) is 9.97 Å². The average molecular weight is 606 g/mol. The molecule has 0 saturated heterocycles. The van der Waals surface area contributed by atoms with Gasteiger partial charge in [0.15, 0.2) is 0 Å². The second-order valence-corrected chi connectivity index (χ2v) is 15.6. The van der Waals surface area contributed by atoms with Crippen LogP contribution in [0, 0.1) is 0 Å². The second kappa shape index (κ2) is 10.2. The van der Waals surface area contributed by atoms with Crippen LogP contribution < -0.4 is 13.7 Å². The van der Waals surface area contributed by atoms with Crippen molar-refractivity contribution in [3.8, 4) is 45.1 Å². The van der Waals surface area contributed by atoms with Gasteiger partial charge in [0.25, 0.3) is 0 Å². The minimum atomic E-state index is -2.46. The topological polar surface area (TPSA) is 52.1 Å². The summed E-state index contributed by atoms with van der Waals surface area (Å²) >= 11 is -2.46. The first kappa shape index (κ1) is 27.3. The quantitative estimate of drug-likeness (QED) is 0.193. The first-order valence-corrected chi connectivity index (χ1v) is 16.3. The summed E-state index contributed by atoms with van der Waals surface area (Å²) in [6, 6.07) is 28.4. The average Bonchev–Trinajstić information content (AvgIpc) is 3.24. The number of hydrogen-bond acceptors (Lipinski definition) is 4. The molecule has 3 heterocycles. The standard InChI is InChI=1S/C36H34N2O2Se/c1-35(2,3)24-14-16-37-30(19-24)23-10-9-11-26(18-23)40-27-21-29(31-20-25(15-17-38-31)36(4,5)6)34-28-12-7-8-13-32(28)41(39)33(34)22-27/h7-22H,1-6H3. The van der Waals surface area contributed by atoms with Gasteiger partial charge in [-0.3, -0.25) is 0 Å². The van der Waals surface area contributed by atoms with Crippen LogP contribution in [-0.2, 0) is 14.7 Å². The van der Waals surface area contributed by atoms with E-state index in [9.17, 15) is 3.83 Å². The molecule has 0 N–H and O–H groups in total. The molecule has 5 heteroatoms. The molecular weight excluding hydrogens is 571 g/mol. The Kier molecular flexibility index (Phi) is 6.76. The molecule has 0 bridgehead atoms. The van der Waals surface area contributed by atoms with Crippen molar-refractivity contribution in [3.63, 3.8) is 0 Å². The van der Waals surface area contributed by atoms with E-state index in [1.807, 2.05) is 67.0 Å². The van der Waals surface area contributed by atoms with Crippen LogP contribution in [0.15, 0.2) is 97.3 Å². The fourth-order valence-electron chi connectivity index (χ4n) is 5.18. The predicted molar refractivity (Wildman–Crippen MR) is 168 cm³/mol. The number of nitrogens with zero attached hydrogens (tertiary/aromatic N) is 2. The number of benzene rings is 3. The van der Waals surface area contributed by atoms with Crippen LogP contribution in [-0.4, -0.2) is 23.8 Å². The van der Waals surface area contributed by atoms with Gasteiger partial charge in [-0.25, -0.2) is 0 Å². The van der Waals surface area contributed by atoms with Crippen molar-refractivity contribution in [3.05, 3.63) is 108 Å². The van der Waals surface area contributed by atoms with Crippen LogP contribution in [0.3, 0.4) is 0 Å². The Balaban J connectivity index is 1.45. The number of hydrogen-bond donors (Lipinski definition) is 0. The Morgan fingerprint density at radius 2 is 1.27 bits per heavy atom. The van der Waals surface area contributed by atoms with Gasteiger partial charge in [0.1, 0.15) is 0 Å². The van der Waals surface area contributed by atoms with E-state index >= 15 is 0 Å². The molecule has 0 aliphatic carbocycles. The molecule has 1 aliphatic rings. The molecule has 0 amide bonds. The fraction of sp³-hybridized carbons (Fsp3) is 0.222.